The fourth-order valence-corrected chi connectivity index (χ4v) is 4.57. The van der Waals surface area contributed by atoms with Gasteiger partial charge in [-0.2, -0.15) is 0 Å². The van der Waals surface area contributed by atoms with Crippen LogP contribution in [0.3, 0.4) is 0 Å². The van der Waals surface area contributed by atoms with Gasteiger partial charge in [0, 0.05) is 18.9 Å². The number of hydrogen-bond donors (Lipinski definition) is 2. The van der Waals surface area contributed by atoms with Crippen molar-refractivity contribution in [3.8, 4) is 0 Å². The number of rotatable bonds is 9. The molecule has 0 aliphatic heterocycles. The number of ether oxygens (including phenoxy) is 1. The third-order valence-corrected chi connectivity index (χ3v) is 6.55. The number of thiophene rings is 1. The zero-order valence-electron chi connectivity index (χ0n) is 17.5. The maximum atomic E-state index is 12.8. The molecule has 3 aromatic rings. The Balaban J connectivity index is 1.30. The van der Waals surface area contributed by atoms with E-state index < -0.39 is 23.1 Å². The van der Waals surface area contributed by atoms with Gasteiger partial charge in [0.25, 0.3) is 5.09 Å². The van der Waals surface area contributed by atoms with Crippen LogP contribution in [0.2, 0.25) is 0 Å². The second-order valence-corrected chi connectivity index (χ2v) is 8.85. The van der Waals surface area contributed by atoms with E-state index in [-0.39, 0.29) is 37.8 Å². The first kappa shape index (κ1) is 22.6. The van der Waals surface area contributed by atoms with Crippen LogP contribution in [-0.2, 0) is 25.8 Å². The molecule has 1 aliphatic rings. The summed E-state index contributed by atoms with van der Waals surface area (Å²) in [4.78, 5) is 43.7. The van der Waals surface area contributed by atoms with Crippen molar-refractivity contribution in [1.29, 1.82) is 0 Å². The topological polar surface area (TPSA) is 147 Å². The van der Waals surface area contributed by atoms with Crippen LogP contribution in [0.4, 0.5) is 5.00 Å². The molecule has 0 saturated heterocycles. The summed E-state index contributed by atoms with van der Waals surface area (Å²) in [6, 6.07) is 10.9. The van der Waals surface area contributed by atoms with Crippen molar-refractivity contribution in [2.45, 2.75) is 31.5 Å². The molecule has 1 amide bonds. The zero-order valence-corrected chi connectivity index (χ0v) is 18.3. The lowest BCUT2D eigenvalue weighted by atomic mass is 9.82. The zero-order chi connectivity index (χ0) is 23.4. The number of anilines is 1. The summed E-state index contributed by atoms with van der Waals surface area (Å²) >= 11 is 1.45. The lowest BCUT2D eigenvalue weighted by Gasteiger charge is -2.31. The number of benzene rings is 1. The van der Waals surface area contributed by atoms with Crippen molar-refractivity contribution in [3.05, 3.63) is 70.0 Å². The minimum absolute atomic E-state index is 0.0751. The minimum atomic E-state index is -0.845. The van der Waals surface area contributed by atoms with E-state index >= 15 is 0 Å². The molecular formula is C22H22N4O6S. The van der Waals surface area contributed by atoms with Gasteiger partial charge in [-0.3, -0.25) is 14.6 Å². The smallest absolute Gasteiger partial charge is 0.309 e. The number of amides is 1. The summed E-state index contributed by atoms with van der Waals surface area (Å²) in [7, 11) is 0. The van der Waals surface area contributed by atoms with E-state index in [0.717, 1.165) is 26.2 Å². The minimum Gasteiger partial charge on any atom is -0.461 e. The highest BCUT2D eigenvalue weighted by Gasteiger charge is 2.38. The summed E-state index contributed by atoms with van der Waals surface area (Å²) in [5.74, 6) is -1.52. The molecule has 0 radical (unpaired) electrons. The number of nitrogens with one attached hydrogen (secondary N) is 1. The van der Waals surface area contributed by atoms with Crippen molar-refractivity contribution >= 4 is 38.3 Å². The summed E-state index contributed by atoms with van der Waals surface area (Å²) < 4.78 is 6.28. The van der Waals surface area contributed by atoms with Gasteiger partial charge < -0.3 is 20.6 Å². The molecule has 2 heterocycles. The van der Waals surface area contributed by atoms with Crippen LogP contribution in [0.15, 0.2) is 48.8 Å². The van der Waals surface area contributed by atoms with Gasteiger partial charge >= 0.3 is 5.97 Å². The van der Waals surface area contributed by atoms with Crippen LogP contribution in [0.5, 0.6) is 0 Å². The molecule has 2 aromatic heterocycles. The van der Waals surface area contributed by atoms with Crippen LogP contribution in [0, 0.1) is 16.0 Å². The molecule has 1 aromatic carbocycles. The summed E-state index contributed by atoms with van der Waals surface area (Å²) in [5.41, 5.74) is 7.40. The summed E-state index contributed by atoms with van der Waals surface area (Å²) in [6.07, 6.45) is 3.48. The van der Waals surface area contributed by atoms with E-state index in [2.05, 4.69) is 15.1 Å². The highest BCUT2D eigenvalue weighted by Crippen LogP contribution is 2.32. The Labute approximate surface area is 192 Å². The molecule has 1 aliphatic carbocycles. The van der Waals surface area contributed by atoms with E-state index in [4.69, 9.17) is 10.5 Å². The Morgan fingerprint density at radius 3 is 2.70 bits per heavy atom. The molecule has 0 bridgehead atoms. The van der Waals surface area contributed by atoms with E-state index in [9.17, 15) is 19.7 Å². The molecule has 4 rings (SSSR count). The molecular weight excluding hydrogens is 448 g/mol. The van der Waals surface area contributed by atoms with Crippen LogP contribution in [0.25, 0.3) is 10.1 Å². The molecule has 33 heavy (non-hydrogen) atoms. The molecule has 0 unspecified atom stereocenters. The normalized spacial score (nSPS) is 18.2. The maximum absolute atomic E-state index is 12.8. The van der Waals surface area contributed by atoms with Gasteiger partial charge in [0.1, 0.15) is 12.7 Å². The van der Waals surface area contributed by atoms with Crippen molar-refractivity contribution < 1.29 is 24.3 Å². The highest BCUT2D eigenvalue weighted by molar-refractivity contribution is 7.22. The van der Waals surface area contributed by atoms with Crippen molar-refractivity contribution in [2.24, 2.45) is 11.7 Å². The Hall–Kier alpha value is -3.57. The Morgan fingerprint density at radius 2 is 2.03 bits per heavy atom. The quantitative estimate of drug-likeness (QED) is 0.276. The van der Waals surface area contributed by atoms with E-state index in [1.165, 1.54) is 11.3 Å². The Kier molecular flexibility index (Phi) is 6.80. The number of fused-ring (bicyclic) bond motifs is 1. The SMILES string of the molecule is NC[C@@H](C(=O)Nc1cc2ccncc2s1)c1ccc(COC(=O)C2CC(O[N+](=O)[O-])C2)cc1. The van der Waals surface area contributed by atoms with Crippen molar-refractivity contribution in [3.63, 3.8) is 0 Å². The number of aromatic nitrogens is 1. The second kappa shape index (κ2) is 9.92. The second-order valence-electron chi connectivity index (χ2n) is 7.77. The first-order valence-electron chi connectivity index (χ1n) is 10.3. The molecule has 0 spiro atoms. The van der Waals surface area contributed by atoms with Gasteiger partial charge in [0.15, 0.2) is 0 Å². The van der Waals surface area contributed by atoms with Crippen LogP contribution < -0.4 is 11.1 Å². The predicted molar refractivity (Wildman–Crippen MR) is 121 cm³/mol. The fourth-order valence-electron chi connectivity index (χ4n) is 3.63. The molecule has 172 valence electrons. The number of carbonyl (C=O) groups excluding carboxylic acids is 2. The third kappa shape index (κ3) is 5.44. The Bertz CT molecular complexity index is 1130. The summed E-state index contributed by atoms with van der Waals surface area (Å²) in [5, 5.41) is 14.1. The van der Waals surface area contributed by atoms with Crippen LogP contribution >= 0.6 is 11.3 Å². The highest BCUT2D eigenvalue weighted by atomic mass is 32.1. The third-order valence-electron chi connectivity index (χ3n) is 5.55. The van der Waals surface area contributed by atoms with Crippen LogP contribution in [0.1, 0.15) is 29.9 Å². The molecule has 10 nitrogen and oxygen atoms in total. The molecule has 3 N–H and O–H groups in total. The van der Waals surface area contributed by atoms with Gasteiger partial charge in [-0.05, 0) is 41.5 Å². The maximum Gasteiger partial charge on any atom is 0.309 e. The number of hydrogen-bond acceptors (Lipinski definition) is 9. The monoisotopic (exact) mass is 470 g/mol. The average Bonchev–Trinajstić information content (AvgIpc) is 3.17. The van der Waals surface area contributed by atoms with Gasteiger partial charge in [0.05, 0.1) is 21.5 Å². The van der Waals surface area contributed by atoms with E-state index in [0.29, 0.717) is 0 Å². The number of pyridine rings is 1. The molecule has 11 heteroatoms. The first-order chi connectivity index (χ1) is 15.9. The van der Waals surface area contributed by atoms with E-state index in [1.807, 2.05) is 12.1 Å². The lowest BCUT2D eigenvalue weighted by Crippen LogP contribution is -2.38. The largest absolute Gasteiger partial charge is 0.461 e. The molecule has 1 fully saturated rings. The summed E-state index contributed by atoms with van der Waals surface area (Å²) in [6.45, 7) is 0.216. The number of nitrogens with zero attached hydrogens (tertiary/aromatic N) is 2. The van der Waals surface area contributed by atoms with Gasteiger partial charge in [-0.25, -0.2) is 0 Å². The first-order valence-corrected chi connectivity index (χ1v) is 11.2. The fraction of sp³-hybridized carbons (Fsp3) is 0.318. The Morgan fingerprint density at radius 1 is 1.27 bits per heavy atom. The number of nitrogens with two attached hydrogens (primary N) is 1. The van der Waals surface area contributed by atoms with Crippen molar-refractivity contribution in [1.82, 2.24) is 4.98 Å². The lowest BCUT2D eigenvalue weighted by molar-refractivity contribution is -0.772. The molecule has 1 saturated carbocycles. The standard InChI is InChI=1S/C22H22N4O6S/c23-10-18(21(27)25-20-9-15-5-6-24-11-19(15)33-20)14-3-1-13(2-4-14)12-31-22(28)16-7-17(8-16)32-26(29)30/h1-6,9,11,16-18H,7-8,10,12,23H2,(H,25,27)/t16?,17?,18-/m1/s1. The number of carbonyl (C=O) groups is 2. The number of esters is 1. The van der Waals surface area contributed by atoms with Gasteiger partial charge in [0.2, 0.25) is 5.91 Å². The van der Waals surface area contributed by atoms with Gasteiger partial charge in [-0.1, -0.05) is 24.3 Å². The predicted octanol–water partition coefficient (Wildman–Crippen LogP) is 3.01. The van der Waals surface area contributed by atoms with Gasteiger partial charge in [-0.15, -0.1) is 21.5 Å². The molecule has 1 atom stereocenters. The van der Waals surface area contributed by atoms with E-state index in [1.54, 1.807) is 36.7 Å². The average molecular weight is 471 g/mol. The van der Waals surface area contributed by atoms with Crippen LogP contribution in [-0.4, -0.2) is 34.6 Å². The van der Waals surface area contributed by atoms with Crippen molar-refractivity contribution in [2.75, 3.05) is 11.9 Å².